The number of likely N-dealkylation sites (tertiary alicyclic amines) is 1. The Kier molecular flexibility index (Phi) is 7.86. The van der Waals surface area contributed by atoms with E-state index < -0.39 is 23.3 Å². The fourth-order valence-corrected chi connectivity index (χ4v) is 3.72. The van der Waals surface area contributed by atoms with Crippen molar-refractivity contribution in [2.75, 3.05) is 25.0 Å². The fourth-order valence-electron chi connectivity index (χ4n) is 3.72. The lowest BCUT2D eigenvalue weighted by Gasteiger charge is -2.33. The highest BCUT2D eigenvalue weighted by Gasteiger charge is 2.39. The number of cyclic esters (lactones) is 2. The Morgan fingerprint density at radius 3 is 2.26 bits per heavy atom. The van der Waals surface area contributed by atoms with E-state index in [2.05, 4.69) is 10.6 Å². The van der Waals surface area contributed by atoms with E-state index in [9.17, 15) is 14.4 Å². The number of nitrogens with zero attached hydrogens (tertiary/aromatic N) is 1. The van der Waals surface area contributed by atoms with Crippen molar-refractivity contribution in [2.24, 2.45) is 5.92 Å². The number of carbonyl (C=O) groups is 3. The second kappa shape index (κ2) is 10.5. The van der Waals surface area contributed by atoms with Gasteiger partial charge in [0.15, 0.2) is 5.57 Å². The van der Waals surface area contributed by atoms with Crippen LogP contribution in [0.1, 0.15) is 53.0 Å². The van der Waals surface area contributed by atoms with Crippen LogP contribution in [0.5, 0.6) is 0 Å². The molecule has 3 rings (SSSR count). The largest absolute Gasteiger partial charge is 0.444 e. The molecule has 9 nitrogen and oxygen atoms in total. The lowest BCUT2D eigenvalue weighted by molar-refractivity contribution is -0.222. The molecule has 1 aromatic carbocycles. The van der Waals surface area contributed by atoms with Crippen LogP contribution in [0.15, 0.2) is 36.0 Å². The molecule has 34 heavy (non-hydrogen) atoms. The van der Waals surface area contributed by atoms with Gasteiger partial charge in [-0.2, -0.15) is 0 Å². The molecule has 2 heterocycles. The molecule has 0 unspecified atom stereocenters. The minimum atomic E-state index is -1.25. The number of benzene rings is 1. The maximum absolute atomic E-state index is 12.2. The third kappa shape index (κ3) is 7.48. The fraction of sp³-hybridized carbons (Fsp3) is 0.560. The van der Waals surface area contributed by atoms with Gasteiger partial charge in [0.1, 0.15) is 5.60 Å². The first kappa shape index (κ1) is 25.6. The molecule has 1 aromatic rings. The second-order valence-corrected chi connectivity index (χ2v) is 10.1. The van der Waals surface area contributed by atoms with E-state index in [1.54, 1.807) is 4.90 Å². The van der Waals surface area contributed by atoms with Crippen LogP contribution >= 0.6 is 0 Å². The van der Waals surface area contributed by atoms with Crippen LogP contribution in [0.3, 0.4) is 0 Å². The number of esters is 2. The second-order valence-electron chi connectivity index (χ2n) is 10.1. The van der Waals surface area contributed by atoms with Gasteiger partial charge in [-0.25, -0.2) is 14.4 Å². The number of carbonyl (C=O) groups excluding carboxylic acids is 3. The number of nitrogens with one attached hydrogen (secondary N) is 2. The van der Waals surface area contributed by atoms with Gasteiger partial charge in [-0.1, -0.05) is 12.1 Å². The van der Waals surface area contributed by atoms with Gasteiger partial charge in [0.25, 0.3) is 5.79 Å². The standard InChI is InChI=1S/C25H35N3O6/c1-24(2,3)34-23(31)28-12-10-18(11-13-28)15-26-14-17-6-8-19(9-7-17)27-16-20-21(29)32-25(4,5)33-22(20)30/h6-9,16,18,26-27H,10-15H2,1-5H3. The first-order chi connectivity index (χ1) is 15.9. The molecule has 9 heteroatoms. The number of rotatable bonds is 6. The smallest absolute Gasteiger partial charge is 0.410 e. The van der Waals surface area contributed by atoms with Crippen molar-refractivity contribution in [3.05, 3.63) is 41.6 Å². The van der Waals surface area contributed by atoms with E-state index in [1.807, 2.05) is 45.0 Å². The molecule has 0 aliphatic carbocycles. The highest BCUT2D eigenvalue weighted by atomic mass is 16.7. The van der Waals surface area contributed by atoms with Crippen LogP contribution in [0.2, 0.25) is 0 Å². The van der Waals surface area contributed by atoms with E-state index in [0.717, 1.165) is 50.3 Å². The summed E-state index contributed by atoms with van der Waals surface area (Å²) in [5.41, 5.74) is 1.20. The third-order valence-electron chi connectivity index (χ3n) is 5.48. The molecule has 0 aromatic heterocycles. The summed E-state index contributed by atoms with van der Waals surface area (Å²) in [7, 11) is 0. The maximum atomic E-state index is 12.2. The zero-order valence-corrected chi connectivity index (χ0v) is 20.6. The Morgan fingerprint density at radius 1 is 1.12 bits per heavy atom. The number of piperidine rings is 1. The normalized spacial score (nSPS) is 18.7. The first-order valence-electron chi connectivity index (χ1n) is 11.6. The summed E-state index contributed by atoms with van der Waals surface area (Å²) < 4.78 is 15.6. The summed E-state index contributed by atoms with van der Waals surface area (Å²) in [5, 5.41) is 6.42. The zero-order valence-electron chi connectivity index (χ0n) is 20.6. The molecule has 0 atom stereocenters. The molecule has 186 valence electrons. The van der Waals surface area contributed by atoms with Crippen LogP contribution in [0.25, 0.3) is 0 Å². The van der Waals surface area contributed by atoms with E-state index in [4.69, 9.17) is 14.2 Å². The Bertz CT molecular complexity index is 903. The van der Waals surface area contributed by atoms with Crippen molar-refractivity contribution in [3.63, 3.8) is 0 Å². The first-order valence-corrected chi connectivity index (χ1v) is 11.6. The Morgan fingerprint density at radius 2 is 1.71 bits per heavy atom. The molecular formula is C25H35N3O6. The summed E-state index contributed by atoms with van der Waals surface area (Å²) in [6.07, 6.45) is 2.97. The number of amides is 1. The van der Waals surface area contributed by atoms with Gasteiger partial charge in [0.05, 0.1) is 0 Å². The molecule has 0 spiro atoms. The molecule has 0 saturated carbocycles. The van der Waals surface area contributed by atoms with Gasteiger partial charge in [0, 0.05) is 45.4 Å². The monoisotopic (exact) mass is 473 g/mol. The van der Waals surface area contributed by atoms with Gasteiger partial charge >= 0.3 is 18.0 Å². The SMILES string of the molecule is CC(C)(C)OC(=O)N1CCC(CNCc2ccc(NC=C3C(=O)OC(C)(C)OC3=O)cc2)CC1. The molecule has 2 aliphatic rings. The Balaban J connectivity index is 1.39. The highest BCUT2D eigenvalue weighted by Crippen LogP contribution is 2.23. The Labute approximate surface area is 200 Å². The van der Waals surface area contributed by atoms with Crippen LogP contribution in [-0.4, -0.2) is 54.0 Å². The Hall–Kier alpha value is -3.07. The molecule has 2 fully saturated rings. The average Bonchev–Trinajstić information content (AvgIpc) is 2.72. The van der Waals surface area contributed by atoms with E-state index in [-0.39, 0.29) is 11.7 Å². The predicted molar refractivity (Wildman–Crippen MR) is 127 cm³/mol. The lowest BCUT2D eigenvalue weighted by Crippen LogP contribution is -2.43. The van der Waals surface area contributed by atoms with Crippen molar-refractivity contribution >= 4 is 23.7 Å². The molecule has 0 radical (unpaired) electrons. The van der Waals surface area contributed by atoms with E-state index in [1.165, 1.54) is 20.0 Å². The van der Waals surface area contributed by atoms with Crippen molar-refractivity contribution < 1.29 is 28.6 Å². The van der Waals surface area contributed by atoms with Crippen molar-refractivity contribution in [1.82, 2.24) is 10.2 Å². The van der Waals surface area contributed by atoms with Crippen LogP contribution < -0.4 is 10.6 Å². The molecule has 2 N–H and O–H groups in total. The molecule has 2 aliphatic heterocycles. The van der Waals surface area contributed by atoms with Crippen LogP contribution in [-0.2, 0) is 30.3 Å². The van der Waals surface area contributed by atoms with Crippen LogP contribution in [0, 0.1) is 5.92 Å². The average molecular weight is 474 g/mol. The minimum Gasteiger partial charge on any atom is -0.444 e. The van der Waals surface area contributed by atoms with Crippen LogP contribution in [0.4, 0.5) is 10.5 Å². The van der Waals surface area contributed by atoms with Crippen molar-refractivity contribution in [3.8, 4) is 0 Å². The van der Waals surface area contributed by atoms with Gasteiger partial charge < -0.3 is 29.7 Å². The van der Waals surface area contributed by atoms with Gasteiger partial charge in [-0.05, 0) is 63.8 Å². The number of hydrogen-bond donors (Lipinski definition) is 2. The maximum Gasteiger partial charge on any atom is 0.410 e. The zero-order chi connectivity index (χ0) is 24.9. The highest BCUT2D eigenvalue weighted by molar-refractivity contribution is 6.15. The third-order valence-corrected chi connectivity index (χ3v) is 5.48. The van der Waals surface area contributed by atoms with Crippen molar-refractivity contribution in [2.45, 2.75) is 65.4 Å². The van der Waals surface area contributed by atoms with Gasteiger partial charge in [-0.3, -0.25) is 0 Å². The summed E-state index contributed by atoms with van der Waals surface area (Å²) >= 11 is 0. The topological polar surface area (TPSA) is 106 Å². The molecular weight excluding hydrogens is 438 g/mol. The lowest BCUT2D eigenvalue weighted by atomic mass is 9.97. The molecule has 2 saturated heterocycles. The van der Waals surface area contributed by atoms with Gasteiger partial charge in [-0.15, -0.1) is 0 Å². The van der Waals surface area contributed by atoms with E-state index in [0.29, 0.717) is 5.92 Å². The number of ether oxygens (including phenoxy) is 3. The molecule has 0 bridgehead atoms. The predicted octanol–water partition coefficient (Wildman–Crippen LogP) is 3.56. The number of hydrogen-bond acceptors (Lipinski definition) is 8. The summed E-state index contributed by atoms with van der Waals surface area (Å²) in [6, 6.07) is 7.69. The van der Waals surface area contributed by atoms with Gasteiger partial charge in [0.2, 0.25) is 0 Å². The minimum absolute atomic E-state index is 0.178. The van der Waals surface area contributed by atoms with E-state index >= 15 is 0 Å². The number of anilines is 1. The molecule has 1 amide bonds. The van der Waals surface area contributed by atoms with Crippen molar-refractivity contribution in [1.29, 1.82) is 0 Å². The quantitative estimate of drug-likeness (QED) is 0.367. The summed E-state index contributed by atoms with van der Waals surface area (Å²) in [6.45, 7) is 11.7. The summed E-state index contributed by atoms with van der Waals surface area (Å²) in [5.74, 6) is -2.17. The summed E-state index contributed by atoms with van der Waals surface area (Å²) in [4.78, 5) is 37.9.